The van der Waals surface area contributed by atoms with Gasteiger partial charge in [-0.1, -0.05) is 0 Å². The molecule has 18 heavy (non-hydrogen) atoms. The van der Waals surface area contributed by atoms with Crippen LogP contribution in [0, 0.1) is 5.92 Å². The van der Waals surface area contributed by atoms with Crippen LogP contribution in [0.25, 0.3) is 5.65 Å². The monoisotopic (exact) mass is 246 g/mol. The average molecular weight is 246 g/mol. The molecule has 2 aromatic heterocycles. The molecule has 6 nitrogen and oxygen atoms in total. The zero-order chi connectivity index (χ0) is 12.5. The fourth-order valence-electron chi connectivity index (χ4n) is 2.60. The van der Waals surface area contributed by atoms with Gasteiger partial charge in [0.2, 0.25) is 5.65 Å². The van der Waals surface area contributed by atoms with E-state index in [0.717, 1.165) is 31.0 Å². The lowest BCUT2D eigenvalue weighted by Crippen LogP contribution is -2.42. The molecule has 0 amide bonds. The van der Waals surface area contributed by atoms with Gasteiger partial charge in [0.15, 0.2) is 5.82 Å². The predicted molar refractivity (Wildman–Crippen MR) is 69.4 cm³/mol. The summed E-state index contributed by atoms with van der Waals surface area (Å²) < 4.78 is 1.90. The zero-order valence-corrected chi connectivity index (χ0v) is 10.5. The molecule has 3 rings (SSSR count). The van der Waals surface area contributed by atoms with Crippen molar-refractivity contribution in [1.82, 2.24) is 19.6 Å². The van der Waals surface area contributed by atoms with Crippen LogP contribution in [0.5, 0.6) is 0 Å². The molecule has 2 unspecified atom stereocenters. The molecule has 0 spiro atoms. The molecule has 1 saturated heterocycles. The quantitative estimate of drug-likeness (QED) is 0.844. The van der Waals surface area contributed by atoms with Gasteiger partial charge in [0, 0.05) is 31.5 Å². The zero-order valence-electron chi connectivity index (χ0n) is 10.5. The van der Waals surface area contributed by atoms with E-state index in [1.54, 1.807) is 12.5 Å². The third kappa shape index (κ3) is 1.92. The van der Waals surface area contributed by atoms with Crippen LogP contribution >= 0.6 is 0 Å². The highest BCUT2D eigenvalue weighted by Gasteiger charge is 2.25. The second kappa shape index (κ2) is 4.53. The van der Waals surface area contributed by atoms with E-state index in [1.165, 1.54) is 6.42 Å². The second-order valence-corrected chi connectivity index (χ2v) is 5.02. The molecule has 96 valence electrons. The Morgan fingerprint density at radius 3 is 3.22 bits per heavy atom. The summed E-state index contributed by atoms with van der Waals surface area (Å²) in [5.41, 5.74) is 6.84. The molecule has 1 aliphatic heterocycles. The molecular weight excluding hydrogens is 228 g/mol. The van der Waals surface area contributed by atoms with Crippen molar-refractivity contribution in [2.24, 2.45) is 11.7 Å². The maximum Gasteiger partial charge on any atom is 0.203 e. The molecular formula is C12H18N6. The minimum atomic E-state index is 0.227. The smallest absolute Gasteiger partial charge is 0.203 e. The molecule has 0 bridgehead atoms. The molecule has 2 atom stereocenters. The Kier molecular flexibility index (Phi) is 2.87. The number of nitrogens with two attached hydrogens (primary N) is 1. The van der Waals surface area contributed by atoms with Crippen molar-refractivity contribution in [3.8, 4) is 0 Å². The average Bonchev–Trinajstić information content (AvgIpc) is 2.87. The van der Waals surface area contributed by atoms with Crippen LogP contribution in [-0.2, 0) is 0 Å². The topological polar surface area (TPSA) is 72.3 Å². The van der Waals surface area contributed by atoms with Crippen molar-refractivity contribution >= 4 is 11.5 Å². The van der Waals surface area contributed by atoms with Crippen molar-refractivity contribution in [3.05, 3.63) is 18.7 Å². The summed E-state index contributed by atoms with van der Waals surface area (Å²) in [6.07, 6.45) is 7.72. The lowest BCUT2D eigenvalue weighted by atomic mass is 9.92. The van der Waals surface area contributed by atoms with Gasteiger partial charge in [-0.2, -0.15) is 0 Å². The largest absolute Gasteiger partial charge is 0.353 e. The summed E-state index contributed by atoms with van der Waals surface area (Å²) in [6.45, 7) is 4.05. The molecule has 0 aliphatic carbocycles. The summed E-state index contributed by atoms with van der Waals surface area (Å²) in [5, 5.41) is 8.07. The van der Waals surface area contributed by atoms with E-state index in [-0.39, 0.29) is 6.04 Å². The van der Waals surface area contributed by atoms with Crippen molar-refractivity contribution in [2.45, 2.75) is 25.8 Å². The van der Waals surface area contributed by atoms with Crippen LogP contribution in [0.3, 0.4) is 0 Å². The fraction of sp³-hybridized carbons (Fsp3) is 0.583. The first-order valence-corrected chi connectivity index (χ1v) is 6.40. The van der Waals surface area contributed by atoms with Crippen molar-refractivity contribution in [2.75, 3.05) is 18.0 Å². The normalized spacial score (nSPS) is 22.3. The molecule has 0 radical (unpaired) electrons. The Morgan fingerprint density at radius 2 is 2.39 bits per heavy atom. The second-order valence-electron chi connectivity index (χ2n) is 5.02. The minimum absolute atomic E-state index is 0.227. The summed E-state index contributed by atoms with van der Waals surface area (Å²) in [7, 11) is 0. The minimum Gasteiger partial charge on any atom is -0.353 e. The van der Waals surface area contributed by atoms with Gasteiger partial charge in [-0.25, -0.2) is 4.98 Å². The summed E-state index contributed by atoms with van der Waals surface area (Å²) in [5.74, 6) is 1.45. The lowest BCUT2D eigenvalue weighted by Gasteiger charge is -2.35. The number of aromatic nitrogens is 4. The number of piperidine rings is 1. The van der Waals surface area contributed by atoms with Gasteiger partial charge in [-0.3, -0.25) is 4.40 Å². The van der Waals surface area contributed by atoms with Gasteiger partial charge < -0.3 is 10.6 Å². The number of hydrogen-bond acceptors (Lipinski definition) is 5. The first-order chi connectivity index (χ1) is 8.75. The van der Waals surface area contributed by atoms with E-state index in [1.807, 2.05) is 10.6 Å². The van der Waals surface area contributed by atoms with Crippen LogP contribution in [-0.4, -0.2) is 38.7 Å². The number of rotatable bonds is 2. The summed E-state index contributed by atoms with van der Waals surface area (Å²) >= 11 is 0. The van der Waals surface area contributed by atoms with E-state index in [4.69, 9.17) is 5.73 Å². The fourth-order valence-corrected chi connectivity index (χ4v) is 2.60. The summed E-state index contributed by atoms with van der Waals surface area (Å²) in [4.78, 5) is 6.74. The molecule has 2 aromatic rings. The highest BCUT2D eigenvalue weighted by Crippen LogP contribution is 2.25. The van der Waals surface area contributed by atoms with Gasteiger partial charge >= 0.3 is 0 Å². The van der Waals surface area contributed by atoms with Crippen molar-refractivity contribution in [3.63, 3.8) is 0 Å². The number of hydrogen-bond donors (Lipinski definition) is 1. The first kappa shape index (κ1) is 11.4. The Balaban J connectivity index is 1.92. The van der Waals surface area contributed by atoms with Gasteiger partial charge in [0.05, 0.1) is 0 Å². The summed E-state index contributed by atoms with van der Waals surface area (Å²) in [6, 6.07) is 0.227. The van der Waals surface area contributed by atoms with E-state index in [9.17, 15) is 0 Å². The van der Waals surface area contributed by atoms with E-state index in [0.29, 0.717) is 5.92 Å². The Bertz CT molecular complexity index is 534. The van der Waals surface area contributed by atoms with E-state index < -0.39 is 0 Å². The predicted octanol–water partition coefficient (Wildman–Crippen LogP) is 0.688. The molecule has 0 saturated carbocycles. The van der Waals surface area contributed by atoms with E-state index in [2.05, 4.69) is 27.0 Å². The van der Waals surface area contributed by atoms with Crippen LogP contribution in [0.1, 0.15) is 19.8 Å². The van der Waals surface area contributed by atoms with Gasteiger partial charge in [0.25, 0.3) is 0 Å². The molecule has 2 N–H and O–H groups in total. The molecule has 3 heterocycles. The maximum atomic E-state index is 6.02. The Morgan fingerprint density at radius 1 is 1.50 bits per heavy atom. The van der Waals surface area contributed by atoms with Gasteiger partial charge in [0.1, 0.15) is 6.33 Å². The van der Waals surface area contributed by atoms with Gasteiger partial charge in [-0.15, -0.1) is 10.2 Å². The number of anilines is 1. The van der Waals surface area contributed by atoms with Crippen LogP contribution in [0.4, 0.5) is 5.82 Å². The van der Waals surface area contributed by atoms with E-state index >= 15 is 0 Å². The Labute approximate surface area is 106 Å². The number of fused-ring (bicyclic) bond motifs is 1. The first-order valence-electron chi connectivity index (χ1n) is 6.40. The van der Waals surface area contributed by atoms with Crippen molar-refractivity contribution in [1.29, 1.82) is 0 Å². The third-order valence-corrected chi connectivity index (χ3v) is 3.70. The maximum absolute atomic E-state index is 6.02. The lowest BCUT2D eigenvalue weighted by molar-refractivity contribution is 0.363. The highest BCUT2D eigenvalue weighted by atomic mass is 15.3. The third-order valence-electron chi connectivity index (χ3n) is 3.70. The molecule has 6 heteroatoms. The SMILES string of the molecule is CC(N)C1CCCN(c2nccn3cnnc23)C1. The standard InChI is InChI=1S/C12H18N6/c1-9(13)10-3-2-5-17(7-10)11-12-16-15-8-18(12)6-4-14-11/h4,6,8-10H,2-3,5,7,13H2,1H3. The van der Waals surface area contributed by atoms with Crippen LogP contribution in [0.2, 0.25) is 0 Å². The molecule has 1 aliphatic rings. The molecule has 0 aromatic carbocycles. The highest BCUT2D eigenvalue weighted by molar-refractivity contribution is 5.63. The Hall–Kier alpha value is -1.69. The number of nitrogens with zero attached hydrogens (tertiary/aromatic N) is 5. The van der Waals surface area contributed by atoms with Crippen molar-refractivity contribution < 1.29 is 0 Å². The van der Waals surface area contributed by atoms with Crippen LogP contribution < -0.4 is 10.6 Å². The molecule has 1 fully saturated rings. The van der Waals surface area contributed by atoms with Crippen LogP contribution in [0.15, 0.2) is 18.7 Å². The van der Waals surface area contributed by atoms with Gasteiger partial charge in [-0.05, 0) is 25.7 Å².